The van der Waals surface area contributed by atoms with Crippen LogP contribution in [0.3, 0.4) is 0 Å². The van der Waals surface area contributed by atoms with E-state index in [4.69, 9.17) is 0 Å². The number of aromatic nitrogens is 3. The van der Waals surface area contributed by atoms with Gasteiger partial charge in [-0.1, -0.05) is 36.0 Å². The highest BCUT2D eigenvalue weighted by Gasteiger charge is 2.10. The molecule has 2 aromatic heterocycles. The Morgan fingerprint density at radius 3 is 2.61 bits per heavy atom. The van der Waals surface area contributed by atoms with E-state index in [0.717, 1.165) is 16.0 Å². The predicted octanol–water partition coefficient (Wildman–Crippen LogP) is 3.84. The van der Waals surface area contributed by atoms with Crippen molar-refractivity contribution in [3.63, 3.8) is 0 Å². The van der Waals surface area contributed by atoms with Crippen molar-refractivity contribution in [3.05, 3.63) is 63.9 Å². The number of thiazole rings is 1. The first-order valence-electron chi connectivity index (χ1n) is 7.15. The van der Waals surface area contributed by atoms with Gasteiger partial charge in [-0.3, -0.25) is 9.36 Å². The molecule has 2 aromatic carbocycles. The molecular formula is C17H13N3OS2. The van der Waals surface area contributed by atoms with E-state index in [1.54, 1.807) is 34.7 Å². The van der Waals surface area contributed by atoms with Gasteiger partial charge in [-0.15, -0.1) is 11.3 Å². The molecule has 0 unspecified atom stereocenters. The largest absolute Gasteiger partial charge is 0.290 e. The van der Waals surface area contributed by atoms with Gasteiger partial charge >= 0.3 is 0 Å². The van der Waals surface area contributed by atoms with Crippen molar-refractivity contribution in [2.75, 3.05) is 0 Å². The molecule has 0 amide bonds. The van der Waals surface area contributed by atoms with E-state index in [0.29, 0.717) is 16.3 Å². The molecule has 6 heteroatoms. The zero-order valence-electron chi connectivity index (χ0n) is 12.4. The molecule has 114 valence electrons. The Bertz CT molecular complexity index is 1040. The third kappa shape index (κ3) is 2.64. The molecule has 0 fully saturated rings. The zero-order valence-corrected chi connectivity index (χ0v) is 14.0. The van der Waals surface area contributed by atoms with Crippen LogP contribution in [0.15, 0.2) is 58.5 Å². The van der Waals surface area contributed by atoms with E-state index < -0.39 is 0 Å². The second kappa shape index (κ2) is 5.79. The van der Waals surface area contributed by atoms with Gasteiger partial charge in [0, 0.05) is 7.05 Å². The molecule has 0 spiro atoms. The lowest BCUT2D eigenvalue weighted by Gasteiger charge is -2.07. The van der Waals surface area contributed by atoms with Crippen molar-refractivity contribution >= 4 is 44.2 Å². The summed E-state index contributed by atoms with van der Waals surface area (Å²) < 4.78 is 2.80. The summed E-state index contributed by atoms with van der Waals surface area (Å²) in [5.74, 6) is 0.706. The average molecular weight is 339 g/mol. The summed E-state index contributed by atoms with van der Waals surface area (Å²) in [6.07, 6.45) is 0. The molecule has 23 heavy (non-hydrogen) atoms. The average Bonchev–Trinajstić information content (AvgIpc) is 3.00. The fourth-order valence-corrected chi connectivity index (χ4v) is 4.37. The van der Waals surface area contributed by atoms with E-state index in [2.05, 4.69) is 16.0 Å². The van der Waals surface area contributed by atoms with Crippen LogP contribution in [0.5, 0.6) is 0 Å². The summed E-state index contributed by atoms with van der Waals surface area (Å²) in [7, 11) is 1.77. The topological polar surface area (TPSA) is 47.8 Å². The molecule has 2 heterocycles. The molecule has 0 radical (unpaired) electrons. The van der Waals surface area contributed by atoms with Crippen LogP contribution in [-0.4, -0.2) is 14.5 Å². The third-order valence-electron chi connectivity index (χ3n) is 3.61. The summed E-state index contributed by atoms with van der Waals surface area (Å²) in [4.78, 5) is 21.6. The number of hydrogen-bond donors (Lipinski definition) is 0. The lowest BCUT2D eigenvalue weighted by molar-refractivity contribution is 0.726. The first-order valence-corrected chi connectivity index (χ1v) is 8.95. The van der Waals surface area contributed by atoms with Crippen molar-refractivity contribution in [3.8, 4) is 0 Å². The van der Waals surface area contributed by atoms with Crippen LogP contribution < -0.4 is 5.56 Å². The van der Waals surface area contributed by atoms with Gasteiger partial charge in [0.05, 0.1) is 26.9 Å². The summed E-state index contributed by atoms with van der Waals surface area (Å²) in [6, 6.07) is 15.6. The quantitative estimate of drug-likeness (QED) is 0.420. The summed E-state index contributed by atoms with van der Waals surface area (Å²) in [6.45, 7) is 0. The molecule has 0 saturated carbocycles. The van der Waals surface area contributed by atoms with E-state index in [9.17, 15) is 4.79 Å². The Balaban J connectivity index is 1.67. The third-order valence-corrected chi connectivity index (χ3v) is 5.87. The van der Waals surface area contributed by atoms with Crippen LogP contribution >= 0.6 is 23.1 Å². The Labute approximate surface area is 140 Å². The number of para-hydroxylation sites is 2. The van der Waals surface area contributed by atoms with Gasteiger partial charge in [-0.2, -0.15) is 0 Å². The van der Waals surface area contributed by atoms with Crippen LogP contribution in [0.1, 0.15) is 5.01 Å². The van der Waals surface area contributed by atoms with Gasteiger partial charge in [0.25, 0.3) is 5.56 Å². The second-order valence-electron chi connectivity index (χ2n) is 5.14. The van der Waals surface area contributed by atoms with Crippen molar-refractivity contribution in [2.24, 2.45) is 7.05 Å². The number of rotatable bonds is 3. The SMILES string of the molecule is Cn1c(SCc2nc3ccccc3s2)nc2ccccc2c1=O. The molecule has 0 aliphatic rings. The van der Waals surface area contributed by atoms with Gasteiger partial charge in [0.15, 0.2) is 5.16 Å². The van der Waals surface area contributed by atoms with Crippen LogP contribution in [0.2, 0.25) is 0 Å². The number of nitrogens with zero attached hydrogens (tertiary/aromatic N) is 3. The Hall–Kier alpha value is -2.18. The molecule has 0 N–H and O–H groups in total. The van der Waals surface area contributed by atoms with Gasteiger partial charge in [0.1, 0.15) is 5.01 Å². The van der Waals surface area contributed by atoms with Crippen molar-refractivity contribution in [1.29, 1.82) is 0 Å². The van der Waals surface area contributed by atoms with E-state index in [-0.39, 0.29) is 5.56 Å². The minimum absolute atomic E-state index is 0.0117. The molecule has 0 aliphatic carbocycles. The molecule has 4 aromatic rings. The summed E-state index contributed by atoms with van der Waals surface area (Å²) in [5.41, 5.74) is 1.75. The highest BCUT2D eigenvalue weighted by Crippen LogP contribution is 2.27. The van der Waals surface area contributed by atoms with Crippen molar-refractivity contribution in [1.82, 2.24) is 14.5 Å². The Kier molecular flexibility index (Phi) is 3.63. The zero-order chi connectivity index (χ0) is 15.8. The van der Waals surface area contributed by atoms with Crippen LogP contribution in [0.25, 0.3) is 21.1 Å². The molecule has 4 nitrogen and oxygen atoms in total. The molecule has 0 saturated heterocycles. The van der Waals surface area contributed by atoms with E-state index >= 15 is 0 Å². The predicted molar refractivity (Wildman–Crippen MR) is 96.2 cm³/mol. The summed E-state index contributed by atoms with van der Waals surface area (Å²) >= 11 is 3.23. The van der Waals surface area contributed by atoms with E-state index in [1.807, 2.05) is 42.5 Å². The number of thioether (sulfide) groups is 1. The maximum atomic E-state index is 12.4. The second-order valence-corrected chi connectivity index (χ2v) is 7.20. The first kappa shape index (κ1) is 14.4. The minimum Gasteiger partial charge on any atom is -0.290 e. The van der Waals surface area contributed by atoms with Gasteiger partial charge in [-0.25, -0.2) is 9.97 Å². The number of hydrogen-bond acceptors (Lipinski definition) is 5. The maximum absolute atomic E-state index is 12.4. The fraction of sp³-hybridized carbons (Fsp3) is 0.118. The normalized spacial score (nSPS) is 11.3. The monoisotopic (exact) mass is 339 g/mol. The molecule has 0 bridgehead atoms. The lowest BCUT2D eigenvalue weighted by atomic mass is 10.2. The first-order chi connectivity index (χ1) is 11.2. The van der Waals surface area contributed by atoms with Gasteiger partial charge in [-0.05, 0) is 24.3 Å². The molecule has 0 atom stereocenters. The highest BCUT2D eigenvalue weighted by atomic mass is 32.2. The number of benzene rings is 2. The van der Waals surface area contributed by atoms with Crippen molar-refractivity contribution in [2.45, 2.75) is 10.9 Å². The molecule has 4 rings (SSSR count). The van der Waals surface area contributed by atoms with Crippen LogP contribution in [0, 0.1) is 0 Å². The van der Waals surface area contributed by atoms with Crippen LogP contribution in [-0.2, 0) is 12.8 Å². The van der Waals surface area contributed by atoms with E-state index in [1.165, 1.54) is 4.70 Å². The van der Waals surface area contributed by atoms with Crippen molar-refractivity contribution < 1.29 is 0 Å². The van der Waals surface area contributed by atoms with Gasteiger partial charge < -0.3 is 0 Å². The smallest absolute Gasteiger partial charge is 0.261 e. The Morgan fingerprint density at radius 2 is 1.78 bits per heavy atom. The summed E-state index contributed by atoms with van der Waals surface area (Å²) in [5, 5.41) is 2.41. The molecule has 0 aliphatic heterocycles. The number of fused-ring (bicyclic) bond motifs is 2. The fourth-order valence-electron chi connectivity index (χ4n) is 2.43. The minimum atomic E-state index is -0.0117. The lowest BCUT2D eigenvalue weighted by Crippen LogP contribution is -2.19. The maximum Gasteiger partial charge on any atom is 0.261 e. The van der Waals surface area contributed by atoms with Crippen LogP contribution in [0.4, 0.5) is 0 Å². The molecular weight excluding hydrogens is 326 g/mol. The van der Waals surface area contributed by atoms with Gasteiger partial charge in [0.2, 0.25) is 0 Å². The Morgan fingerprint density at radius 1 is 1.04 bits per heavy atom. The highest BCUT2D eigenvalue weighted by molar-refractivity contribution is 7.98. The standard InChI is InChI=1S/C17H13N3OS2/c1-20-16(21)11-6-2-3-7-12(11)19-17(20)22-10-15-18-13-8-4-5-9-14(13)23-15/h2-9H,10H2,1H3.